The zero-order valence-corrected chi connectivity index (χ0v) is 12.7. The maximum absolute atomic E-state index is 5.84. The number of hydrogen-bond donors (Lipinski definition) is 1. The predicted octanol–water partition coefficient (Wildman–Crippen LogP) is 4.46. The number of anilines is 1. The van der Waals surface area contributed by atoms with Crippen molar-refractivity contribution in [1.82, 2.24) is 4.98 Å². The highest BCUT2D eigenvalue weighted by atomic mass is 125. The van der Waals surface area contributed by atoms with Gasteiger partial charge in [0.2, 0.25) is 0 Å². The number of fused-ring (bicyclic) bond motifs is 1. The fraction of sp³-hybridized carbons (Fsp3) is 0.0714. The van der Waals surface area contributed by atoms with Gasteiger partial charge in [-0.25, -0.2) is 4.98 Å². The number of rotatable bonds is 1. The van der Waals surface area contributed by atoms with E-state index in [-0.39, 0.29) is 0 Å². The monoisotopic (exact) mass is 364 g/mol. The molecule has 0 spiro atoms. The fourth-order valence-corrected chi connectivity index (χ4v) is 3.25. The summed E-state index contributed by atoms with van der Waals surface area (Å²) in [5, 5.41) is 1.05. The minimum atomic E-state index is 0.828. The molecule has 1 aromatic heterocycles. The lowest BCUT2D eigenvalue weighted by atomic mass is 10.1. The summed E-state index contributed by atoms with van der Waals surface area (Å²) < 4.78 is 2.44. The van der Waals surface area contributed by atoms with Crippen LogP contribution in [-0.2, 0) is 0 Å². The molecule has 0 saturated carbocycles. The summed E-state index contributed by atoms with van der Waals surface area (Å²) in [6.45, 7) is 2.02. The lowest BCUT2D eigenvalue weighted by Crippen LogP contribution is -1.89. The van der Waals surface area contributed by atoms with Gasteiger partial charge in [0, 0.05) is 14.8 Å². The van der Waals surface area contributed by atoms with Crippen LogP contribution in [0.2, 0.25) is 0 Å². The van der Waals surface area contributed by atoms with Crippen LogP contribution in [0.15, 0.2) is 36.4 Å². The number of hydrogen-bond acceptors (Lipinski definition) is 3. The first kappa shape index (κ1) is 11.9. The number of aromatic nitrogens is 1. The van der Waals surface area contributed by atoms with Gasteiger partial charge in [-0.1, -0.05) is 0 Å². The second-order valence-electron chi connectivity index (χ2n) is 4.20. The van der Waals surface area contributed by atoms with Crippen LogP contribution >= 0.6 is 33.9 Å². The Hall–Kier alpha value is -1.14. The van der Waals surface area contributed by atoms with Crippen LogP contribution in [-0.4, -0.2) is 4.98 Å². The van der Waals surface area contributed by atoms with Gasteiger partial charge in [-0.3, -0.25) is 0 Å². The molecule has 18 heavy (non-hydrogen) atoms. The molecule has 4 heteroatoms. The minimum absolute atomic E-state index is 0.828. The smallest absolute Gasteiger partial charge is 0.124 e. The van der Waals surface area contributed by atoms with E-state index in [2.05, 4.69) is 51.8 Å². The van der Waals surface area contributed by atoms with Gasteiger partial charge in [0.1, 0.15) is 5.01 Å². The summed E-state index contributed by atoms with van der Waals surface area (Å²) in [5.41, 5.74) is 9.97. The first-order chi connectivity index (χ1) is 8.63. The average Bonchev–Trinajstić information content (AvgIpc) is 2.75. The molecule has 3 aromatic rings. The molecule has 3 rings (SSSR count). The van der Waals surface area contributed by atoms with Gasteiger partial charge in [-0.05, 0) is 71.5 Å². The van der Waals surface area contributed by atoms with E-state index in [1.54, 1.807) is 11.3 Å². The van der Waals surface area contributed by atoms with Gasteiger partial charge in [0.25, 0.3) is 0 Å². The van der Waals surface area contributed by atoms with Crippen molar-refractivity contribution in [3.8, 4) is 10.6 Å². The predicted molar refractivity (Wildman–Crippen MR) is 86.9 cm³/mol. The van der Waals surface area contributed by atoms with Crippen LogP contribution in [0.25, 0.3) is 20.8 Å². The molecule has 2 aromatic carbocycles. The summed E-state index contributed by atoms with van der Waals surface area (Å²) in [5.74, 6) is 0. The van der Waals surface area contributed by atoms with Crippen molar-refractivity contribution in [2.24, 2.45) is 0 Å². The number of aryl methyl sites for hydroxylation is 1. The number of thiazole rings is 1. The number of benzene rings is 2. The van der Waals surface area contributed by atoms with Gasteiger partial charge in [0.15, 0.2) is 0 Å². The quantitative estimate of drug-likeness (QED) is 0.512. The Labute approximate surface area is 123 Å². The molecular formula is C14H11IN2S. The van der Waals surface area contributed by atoms with Crippen molar-refractivity contribution in [1.29, 1.82) is 0 Å². The first-order valence-electron chi connectivity index (χ1n) is 5.56. The largest absolute Gasteiger partial charge is 0.399 e. The highest BCUT2D eigenvalue weighted by Gasteiger charge is 2.07. The fourth-order valence-electron chi connectivity index (χ4n) is 1.83. The maximum atomic E-state index is 5.84. The van der Waals surface area contributed by atoms with E-state index in [1.165, 1.54) is 8.27 Å². The van der Waals surface area contributed by atoms with Crippen molar-refractivity contribution in [3.63, 3.8) is 0 Å². The summed E-state index contributed by atoms with van der Waals surface area (Å²) >= 11 is 4.03. The van der Waals surface area contributed by atoms with E-state index >= 15 is 0 Å². The Morgan fingerprint density at radius 3 is 2.78 bits per heavy atom. The molecule has 0 aliphatic heterocycles. The van der Waals surface area contributed by atoms with Crippen molar-refractivity contribution in [2.75, 3.05) is 5.73 Å². The molecule has 1 heterocycles. The molecule has 0 radical (unpaired) electrons. The molecule has 2 N–H and O–H groups in total. The van der Waals surface area contributed by atoms with E-state index in [1.807, 2.05) is 19.1 Å². The average molecular weight is 364 g/mol. The van der Waals surface area contributed by atoms with E-state index in [9.17, 15) is 0 Å². The topological polar surface area (TPSA) is 38.9 Å². The van der Waals surface area contributed by atoms with Crippen LogP contribution in [0.1, 0.15) is 5.56 Å². The van der Waals surface area contributed by atoms with E-state index in [0.717, 1.165) is 27.3 Å². The second kappa shape index (κ2) is 4.51. The summed E-state index contributed by atoms with van der Waals surface area (Å²) in [7, 11) is 0. The van der Waals surface area contributed by atoms with Gasteiger partial charge >= 0.3 is 0 Å². The highest BCUT2D eigenvalue weighted by molar-refractivity contribution is 14.1. The second-order valence-corrected chi connectivity index (χ2v) is 6.48. The van der Waals surface area contributed by atoms with E-state index in [4.69, 9.17) is 5.73 Å². The first-order valence-corrected chi connectivity index (χ1v) is 7.45. The molecule has 0 amide bonds. The van der Waals surface area contributed by atoms with Crippen LogP contribution in [0.4, 0.5) is 5.69 Å². The zero-order chi connectivity index (χ0) is 12.7. The molecule has 2 nitrogen and oxygen atoms in total. The minimum Gasteiger partial charge on any atom is -0.399 e. The zero-order valence-electron chi connectivity index (χ0n) is 9.77. The van der Waals surface area contributed by atoms with Crippen molar-refractivity contribution < 1.29 is 0 Å². The Kier molecular flexibility index (Phi) is 2.99. The van der Waals surface area contributed by atoms with Crippen LogP contribution in [0, 0.1) is 10.5 Å². The molecule has 0 bridgehead atoms. The molecule has 0 aliphatic carbocycles. The molecule has 90 valence electrons. The van der Waals surface area contributed by atoms with Gasteiger partial charge < -0.3 is 5.73 Å². The van der Waals surface area contributed by atoms with E-state index in [0.29, 0.717) is 0 Å². The number of nitrogens with two attached hydrogens (primary N) is 1. The number of halogens is 1. The highest BCUT2D eigenvalue weighted by Crippen LogP contribution is 2.32. The summed E-state index contributed by atoms with van der Waals surface area (Å²) in [6, 6.07) is 12.4. The Morgan fingerprint density at radius 1 is 1.17 bits per heavy atom. The number of nitrogen functional groups attached to an aromatic ring is 1. The van der Waals surface area contributed by atoms with Crippen molar-refractivity contribution in [2.45, 2.75) is 6.92 Å². The Balaban J connectivity index is 2.16. The molecular weight excluding hydrogens is 353 g/mol. The summed E-state index contributed by atoms with van der Waals surface area (Å²) in [4.78, 5) is 4.69. The molecule has 0 aliphatic rings. The maximum Gasteiger partial charge on any atom is 0.124 e. The van der Waals surface area contributed by atoms with Crippen molar-refractivity contribution >= 4 is 49.8 Å². The lowest BCUT2D eigenvalue weighted by Gasteiger charge is -2.01. The van der Waals surface area contributed by atoms with Crippen molar-refractivity contribution in [3.05, 3.63) is 45.5 Å². The number of nitrogens with zero attached hydrogens (tertiary/aromatic N) is 1. The van der Waals surface area contributed by atoms with Crippen LogP contribution in [0.5, 0.6) is 0 Å². The third-order valence-corrected chi connectivity index (χ3v) is 4.62. The third-order valence-electron chi connectivity index (χ3n) is 2.87. The Morgan fingerprint density at radius 2 is 2.00 bits per heavy atom. The van der Waals surface area contributed by atoms with Gasteiger partial charge in [0.05, 0.1) is 10.2 Å². The third kappa shape index (κ3) is 2.10. The van der Waals surface area contributed by atoms with Crippen LogP contribution in [0.3, 0.4) is 0 Å². The molecule has 0 unspecified atom stereocenters. The van der Waals surface area contributed by atoms with E-state index < -0.39 is 0 Å². The lowest BCUT2D eigenvalue weighted by molar-refractivity contribution is 1.43. The van der Waals surface area contributed by atoms with Gasteiger partial charge in [-0.15, -0.1) is 11.3 Å². The molecule has 0 saturated heterocycles. The Bertz CT molecular complexity index is 734. The summed E-state index contributed by atoms with van der Waals surface area (Å²) in [6.07, 6.45) is 0. The standard InChI is InChI=1S/C14H11IN2S/c1-8-6-9(2-4-11(8)16)14-17-12-7-10(15)3-5-13(12)18-14/h2-7H,16H2,1H3/i15-2. The molecule has 0 atom stereocenters. The van der Waals surface area contributed by atoms with Gasteiger partial charge in [-0.2, -0.15) is 0 Å². The normalized spacial score (nSPS) is 11.0. The molecule has 0 fully saturated rings. The SMILES string of the molecule is Cc1cc(-c2nc3cc([125I])ccc3s2)ccc1N. The van der Waals surface area contributed by atoms with Crippen LogP contribution < -0.4 is 5.73 Å².